The Labute approximate surface area is 162 Å². The van der Waals surface area contributed by atoms with Gasteiger partial charge in [-0.3, -0.25) is 14.0 Å². The number of fused-ring (bicyclic) bond motifs is 1. The van der Waals surface area contributed by atoms with Gasteiger partial charge < -0.3 is 15.1 Å². The zero-order chi connectivity index (χ0) is 19.7. The molecule has 8 heteroatoms. The monoisotopic (exact) mass is 378 g/mol. The fourth-order valence-electron chi connectivity index (χ4n) is 3.21. The van der Waals surface area contributed by atoms with E-state index in [0.29, 0.717) is 11.3 Å². The van der Waals surface area contributed by atoms with E-state index in [1.807, 2.05) is 13.0 Å². The maximum absolute atomic E-state index is 12.6. The van der Waals surface area contributed by atoms with E-state index in [1.54, 1.807) is 30.6 Å². The Morgan fingerprint density at radius 1 is 1.07 bits per heavy atom. The molecule has 1 fully saturated rings. The van der Waals surface area contributed by atoms with Crippen molar-refractivity contribution in [3.8, 4) is 0 Å². The summed E-state index contributed by atoms with van der Waals surface area (Å²) in [6.07, 6.45) is 4.56. The fourth-order valence-corrected chi connectivity index (χ4v) is 3.21. The van der Waals surface area contributed by atoms with Crippen LogP contribution in [0.3, 0.4) is 0 Å². The van der Waals surface area contributed by atoms with Crippen LogP contribution in [0.15, 0.2) is 47.7 Å². The van der Waals surface area contributed by atoms with Crippen molar-refractivity contribution < 1.29 is 4.79 Å². The number of aromatic nitrogens is 3. The number of nitrogens with one attached hydrogen (secondary N) is 1. The van der Waals surface area contributed by atoms with Crippen molar-refractivity contribution >= 4 is 23.1 Å². The van der Waals surface area contributed by atoms with Crippen molar-refractivity contribution in [2.24, 2.45) is 0 Å². The summed E-state index contributed by atoms with van der Waals surface area (Å²) in [6, 6.07) is 7.28. The van der Waals surface area contributed by atoms with Crippen LogP contribution in [0.4, 0.5) is 11.5 Å². The lowest BCUT2D eigenvalue weighted by atomic mass is 10.2. The minimum atomic E-state index is -0.498. The van der Waals surface area contributed by atoms with Crippen LogP contribution in [0.5, 0.6) is 0 Å². The lowest BCUT2D eigenvalue weighted by Gasteiger charge is -2.33. The molecule has 1 amide bonds. The number of hydrogen-bond donors (Lipinski definition) is 1. The first kappa shape index (κ1) is 18.1. The molecule has 0 bridgehead atoms. The molecule has 1 N–H and O–H groups in total. The molecule has 4 heterocycles. The molecule has 1 saturated heterocycles. The number of piperazine rings is 1. The van der Waals surface area contributed by atoms with Crippen LogP contribution >= 0.6 is 0 Å². The summed E-state index contributed by atoms with van der Waals surface area (Å²) in [6.45, 7) is 5.77. The fraction of sp³-hybridized carbons (Fsp3) is 0.300. The number of aryl methyl sites for hydroxylation is 1. The van der Waals surface area contributed by atoms with E-state index in [1.165, 1.54) is 10.6 Å². The van der Waals surface area contributed by atoms with E-state index in [2.05, 4.69) is 32.1 Å². The van der Waals surface area contributed by atoms with Gasteiger partial charge in [-0.2, -0.15) is 0 Å². The highest BCUT2D eigenvalue weighted by atomic mass is 16.2. The zero-order valence-electron chi connectivity index (χ0n) is 15.9. The second-order valence-corrected chi connectivity index (χ2v) is 7.06. The highest BCUT2D eigenvalue weighted by Gasteiger charge is 2.16. The van der Waals surface area contributed by atoms with Gasteiger partial charge in [-0.05, 0) is 43.8 Å². The molecule has 0 atom stereocenters. The number of pyridine rings is 2. The molecular weight excluding hydrogens is 356 g/mol. The first-order valence-corrected chi connectivity index (χ1v) is 9.20. The first-order valence-electron chi connectivity index (χ1n) is 9.20. The van der Waals surface area contributed by atoms with Gasteiger partial charge in [-0.15, -0.1) is 0 Å². The van der Waals surface area contributed by atoms with Gasteiger partial charge in [0.15, 0.2) is 0 Å². The molecule has 3 aromatic heterocycles. The van der Waals surface area contributed by atoms with Crippen molar-refractivity contribution in [3.63, 3.8) is 0 Å². The quantitative estimate of drug-likeness (QED) is 0.742. The summed E-state index contributed by atoms with van der Waals surface area (Å²) in [5.74, 6) is 0.385. The number of likely N-dealkylation sites (N-methyl/N-ethyl adjacent to an activating group) is 1. The number of nitrogens with zero attached hydrogens (tertiary/aromatic N) is 5. The number of carbonyl (C=O) groups is 1. The minimum Gasteiger partial charge on any atom is -0.354 e. The first-order chi connectivity index (χ1) is 13.5. The zero-order valence-corrected chi connectivity index (χ0v) is 15.9. The molecule has 0 spiro atoms. The molecule has 1 aliphatic heterocycles. The second-order valence-electron chi connectivity index (χ2n) is 7.06. The van der Waals surface area contributed by atoms with Crippen LogP contribution in [0, 0.1) is 6.92 Å². The molecule has 0 aromatic carbocycles. The van der Waals surface area contributed by atoms with E-state index in [-0.39, 0.29) is 5.56 Å². The highest BCUT2D eigenvalue weighted by Crippen LogP contribution is 2.16. The van der Waals surface area contributed by atoms with Gasteiger partial charge in [0.25, 0.3) is 11.5 Å². The van der Waals surface area contributed by atoms with E-state index in [4.69, 9.17) is 0 Å². The standard InChI is InChI=1S/C20H22N6O2/c1-14-5-6-26-18(11-14)22-13-16(20(26)28)19(27)23-15-3-4-17(21-12-15)25-9-7-24(2)8-10-25/h3-6,11-13H,7-10H2,1-2H3,(H,23,27). The van der Waals surface area contributed by atoms with E-state index in [9.17, 15) is 9.59 Å². The lowest BCUT2D eigenvalue weighted by molar-refractivity contribution is 0.102. The van der Waals surface area contributed by atoms with Gasteiger partial charge >= 0.3 is 0 Å². The smallest absolute Gasteiger partial charge is 0.270 e. The molecule has 0 aliphatic carbocycles. The molecule has 0 radical (unpaired) electrons. The average molecular weight is 378 g/mol. The number of amides is 1. The van der Waals surface area contributed by atoms with Crippen LogP contribution in [-0.4, -0.2) is 58.4 Å². The molecule has 0 unspecified atom stereocenters. The molecular formula is C20H22N6O2. The van der Waals surface area contributed by atoms with Crippen molar-refractivity contribution in [3.05, 3.63) is 64.3 Å². The van der Waals surface area contributed by atoms with Crippen molar-refractivity contribution in [2.45, 2.75) is 6.92 Å². The third kappa shape index (κ3) is 3.59. The Morgan fingerprint density at radius 2 is 1.86 bits per heavy atom. The average Bonchev–Trinajstić information content (AvgIpc) is 2.69. The van der Waals surface area contributed by atoms with Gasteiger partial charge in [0, 0.05) is 38.6 Å². The van der Waals surface area contributed by atoms with Crippen LogP contribution in [-0.2, 0) is 0 Å². The Kier molecular flexibility index (Phi) is 4.79. The summed E-state index contributed by atoms with van der Waals surface area (Å²) < 4.78 is 1.37. The predicted octanol–water partition coefficient (Wildman–Crippen LogP) is 1.40. The van der Waals surface area contributed by atoms with Gasteiger partial charge in [-0.1, -0.05) is 0 Å². The summed E-state index contributed by atoms with van der Waals surface area (Å²) >= 11 is 0. The molecule has 8 nitrogen and oxygen atoms in total. The summed E-state index contributed by atoms with van der Waals surface area (Å²) in [4.78, 5) is 38.3. The van der Waals surface area contributed by atoms with Gasteiger partial charge in [-0.25, -0.2) is 9.97 Å². The summed E-state index contributed by atoms with van der Waals surface area (Å²) in [5, 5.41) is 2.73. The maximum atomic E-state index is 12.6. The van der Waals surface area contributed by atoms with E-state index in [0.717, 1.165) is 37.6 Å². The second kappa shape index (κ2) is 7.40. The molecule has 144 valence electrons. The molecule has 4 rings (SSSR count). The molecule has 0 saturated carbocycles. The Morgan fingerprint density at radius 3 is 2.57 bits per heavy atom. The summed E-state index contributed by atoms with van der Waals surface area (Å²) in [7, 11) is 2.11. The van der Waals surface area contributed by atoms with Crippen LogP contribution in [0.1, 0.15) is 15.9 Å². The topological polar surface area (TPSA) is 82.8 Å². The van der Waals surface area contributed by atoms with E-state index < -0.39 is 11.5 Å². The Balaban J connectivity index is 1.51. The SMILES string of the molecule is Cc1ccn2c(=O)c(C(=O)Nc3ccc(N4CCN(C)CC4)nc3)cnc2c1. The van der Waals surface area contributed by atoms with Crippen molar-refractivity contribution in [1.29, 1.82) is 0 Å². The number of rotatable bonds is 3. The van der Waals surface area contributed by atoms with Gasteiger partial charge in [0.2, 0.25) is 0 Å². The number of anilines is 2. The van der Waals surface area contributed by atoms with Crippen LogP contribution < -0.4 is 15.8 Å². The molecule has 28 heavy (non-hydrogen) atoms. The Bertz CT molecular complexity index is 1070. The third-order valence-electron chi connectivity index (χ3n) is 4.94. The largest absolute Gasteiger partial charge is 0.354 e. The number of carbonyl (C=O) groups excluding carboxylic acids is 1. The van der Waals surface area contributed by atoms with Crippen LogP contribution in [0.2, 0.25) is 0 Å². The predicted molar refractivity (Wildman–Crippen MR) is 108 cm³/mol. The lowest BCUT2D eigenvalue weighted by Crippen LogP contribution is -2.44. The van der Waals surface area contributed by atoms with E-state index >= 15 is 0 Å². The van der Waals surface area contributed by atoms with Gasteiger partial charge in [0.05, 0.1) is 11.9 Å². The minimum absolute atomic E-state index is 0.00972. The van der Waals surface area contributed by atoms with Crippen LogP contribution in [0.25, 0.3) is 5.65 Å². The van der Waals surface area contributed by atoms with Crippen molar-refractivity contribution in [1.82, 2.24) is 19.3 Å². The van der Waals surface area contributed by atoms with Crippen molar-refractivity contribution in [2.75, 3.05) is 43.4 Å². The molecule has 1 aliphatic rings. The highest BCUT2D eigenvalue weighted by molar-refractivity contribution is 6.03. The van der Waals surface area contributed by atoms with Gasteiger partial charge in [0.1, 0.15) is 17.0 Å². The Hall–Kier alpha value is -3.26. The molecule has 3 aromatic rings. The third-order valence-corrected chi connectivity index (χ3v) is 4.94. The normalized spacial score (nSPS) is 15.0. The summed E-state index contributed by atoms with van der Waals surface area (Å²) in [5.41, 5.74) is 1.64. The number of hydrogen-bond acceptors (Lipinski definition) is 6. The maximum Gasteiger partial charge on any atom is 0.270 e.